The molecule has 1 aliphatic heterocycles. The summed E-state index contributed by atoms with van der Waals surface area (Å²) in [5.41, 5.74) is 2.71. The lowest BCUT2D eigenvalue weighted by molar-refractivity contribution is -0.140. The smallest absolute Gasteiger partial charge is 0.295 e. The first-order valence-corrected chi connectivity index (χ1v) is 8.39. The van der Waals surface area contributed by atoms with Gasteiger partial charge in [-0.2, -0.15) is 0 Å². The van der Waals surface area contributed by atoms with Gasteiger partial charge in [0.2, 0.25) is 5.78 Å². The molecule has 23 heavy (non-hydrogen) atoms. The molecule has 1 saturated heterocycles. The fourth-order valence-corrected chi connectivity index (χ4v) is 3.46. The number of likely N-dealkylation sites (tertiary alicyclic amines) is 1. The van der Waals surface area contributed by atoms with E-state index in [1.807, 2.05) is 49.3 Å². The predicted octanol–water partition coefficient (Wildman–Crippen LogP) is 2.88. The Labute approximate surface area is 137 Å². The van der Waals surface area contributed by atoms with E-state index < -0.39 is 0 Å². The van der Waals surface area contributed by atoms with Crippen LogP contribution in [0.4, 0.5) is 5.69 Å². The fourth-order valence-electron chi connectivity index (χ4n) is 3.46. The van der Waals surface area contributed by atoms with Crippen molar-refractivity contribution in [3.8, 4) is 0 Å². The molecule has 0 spiro atoms. The standard InChI is InChI=1S/C19H24N2O2/c1-20(2)16-10-8-14(9-11-16)12-15-13-21(19(23)18(15)22)17-6-4-3-5-7-17/h8-12,17H,3-7,13H2,1-2H3/b15-12-. The molecule has 1 heterocycles. The van der Waals surface area contributed by atoms with Gasteiger partial charge in [0.05, 0.1) is 6.54 Å². The Morgan fingerprint density at radius 2 is 1.70 bits per heavy atom. The lowest BCUT2D eigenvalue weighted by Crippen LogP contribution is -2.38. The van der Waals surface area contributed by atoms with Crippen molar-refractivity contribution < 1.29 is 9.59 Å². The van der Waals surface area contributed by atoms with Crippen LogP contribution >= 0.6 is 0 Å². The maximum absolute atomic E-state index is 12.3. The van der Waals surface area contributed by atoms with Crippen molar-refractivity contribution in [2.75, 3.05) is 25.5 Å². The third-order valence-electron chi connectivity index (χ3n) is 4.85. The number of hydrogen-bond donors (Lipinski definition) is 0. The maximum Gasteiger partial charge on any atom is 0.295 e. The van der Waals surface area contributed by atoms with Gasteiger partial charge in [-0.05, 0) is 36.6 Å². The molecule has 2 aliphatic rings. The first-order valence-electron chi connectivity index (χ1n) is 8.39. The molecule has 0 radical (unpaired) electrons. The van der Waals surface area contributed by atoms with Crippen LogP contribution in [0.15, 0.2) is 29.8 Å². The van der Waals surface area contributed by atoms with E-state index in [0.29, 0.717) is 12.1 Å². The molecule has 1 saturated carbocycles. The minimum atomic E-state index is -0.327. The molecule has 0 atom stereocenters. The summed E-state index contributed by atoms with van der Waals surface area (Å²) in [5, 5.41) is 0. The average Bonchev–Trinajstić information content (AvgIpc) is 2.85. The summed E-state index contributed by atoms with van der Waals surface area (Å²) in [5.74, 6) is -0.639. The zero-order valence-corrected chi connectivity index (χ0v) is 13.9. The second-order valence-electron chi connectivity index (χ2n) is 6.71. The second-order valence-corrected chi connectivity index (χ2v) is 6.71. The second kappa shape index (κ2) is 6.57. The molecular formula is C19H24N2O2. The summed E-state index contributed by atoms with van der Waals surface area (Å²) in [6, 6.07) is 8.27. The van der Waals surface area contributed by atoms with Crippen molar-refractivity contribution in [3.63, 3.8) is 0 Å². The zero-order valence-electron chi connectivity index (χ0n) is 13.9. The number of Topliss-reactive ketones (excluding diaryl/α,β-unsaturated/α-hetero) is 1. The molecule has 1 amide bonds. The number of carbonyl (C=O) groups excluding carboxylic acids is 2. The Morgan fingerprint density at radius 1 is 1.04 bits per heavy atom. The van der Waals surface area contributed by atoms with Crippen molar-refractivity contribution >= 4 is 23.5 Å². The van der Waals surface area contributed by atoms with Gasteiger partial charge in [-0.1, -0.05) is 31.4 Å². The van der Waals surface area contributed by atoms with Crippen molar-refractivity contribution in [1.29, 1.82) is 0 Å². The lowest BCUT2D eigenvalue weighted by Gasteiger charge is -2.30. The number of carbonyl (C=O) groups is 2. The van der Waals surface area contributed by atoms with Crippen LogP contribution in [0, 0.1) is 0 Å². The van der Waals surface area contributed by atoms with Crippen molar-refractivity contribution in [2.24, 2.45) is 0 Å². The summed E-state index contributed by atoms with van der Waals surface area (Å²) in [6.07, 6.45) is 7.49. The van der Waals surface area contributed by atoms with Crippen LogP contribution in [0.3, 0.4) is 0 Å². The largest absolute Gasteiger partial charge is 0.378 e. The first-order chi connectivity index (χ1) is 11.1. The number of nitrogens with zero attached hydrogens (tertiary/aromatic N) is 2. The molecule has 4 nitrogen and oxygen atoms in total. The molecule has 0 unspecified atom stereocenters. The van der Waals surface area contributed by atoms with Crippen molar-refractivity contribution in [2.45, 2.75) is 38.1 Å². The fraction of sp³-hybridized carbons (Fsp3) is 0.474. The van der Waals surface area contributed by atoms with E-state index in [4.69, 9.17) is 0 Å². The number of ketones is 1. The van der Waals surface area contributed by atoms with Crippen LogP contribution in [-0.4, -0.2) is 43.3 Å². The normalized spacial score (nSPS) is 21.3. The van der Waals surface area contributed by atoms with Crippen LogP contribution in [0.5, 0.6) is 0 Å². The summed E-state index contributed by atoms with van der Waals surface area (Å²) < 4.78 is 0. The van der Waals surface area contributed by atoms with E-state index in [2.05, 4.69) is 0 Å². The van der Waals surface area contributed by atoms with Crippen LogP contribution in [0.25, 0.3) is 6.08 Å². The lowest BCUT2D eigenvalue weighted by atomic mass is 9.94. The molecule has 2 fully saturated rings. The molecule has 1 aromatic rings. The van der Waals surface area contributed by atoms with Crippen LogP contribution < -0.4 is 4.90 Å². The third kappa shape index (κ3) is 3.31. The Balaban J connectivity index is 1.77. The van der Waals surface area contributed by atoms with Gasteiger partial charge < -0.3 is 9.80 Å². The van der Waals surface area contributed by atoms with Gasteiger partial charge in [0, 0.05) is 31.4 Å². The Bertz CT molecular complexity index is 625. The first kappa shape index (κ1) is 15.8. The summed E-state index contributed by atoms with van der Waals surface area (Å²) >= 11 is 0. The zero-order chi connectivity index (χ0) is 16.4. The van der Waals surface area contributed by atoms with Gasteiger partial charge in [0.15, 0.2) is 0 Å². The van der Waals surface area contributed by atoms with Gasteiger partial charge in [0.1, 0.15) is 0 Å². The highest BCUT2D eigenvalue weighted by atomic mass is 16.2. The van der Waals surface area contributed by atoms with Gasteiger partial charge in [-0.15, -0.1) is 0 Å². The van der Waals surface area contributed by atoms with E-state index >= 15 is 0 Å². The van der Waals surface area contributed by atoms with E-state index in [9.17, 15) is 9.59 Å². The monoisotopic (exact) mass is 312 g/mol. The van der Waals surface area contributed by atoms with E-state index in [-0.39, 0.29) is 17.7 Å². The molecule has 0 N–H and O–H groups in total. The molecule has 122 valence electrons. The highest BCUT2D eigenvalue weighted by Gasteiger charge is 2.38. The quantitative estimate of drug-likeness (QED) is 0.636. The van der Waals surface area contributed by atoms with E-state index in [1.54, 1.807) is 4.90 Å². The van der Waals surface area contributed by atoms with Crippen molar-refractivity contribution in [3.05, 3.63) is 35.4 Å². The maximum atomic E-state index is 12.3. The Hall–Kier alpha value is -2.10. The molecule has 0 bridgehead atoms. The van der Waals surface area contributed by atoms with Crippen LogP contribution in [-0.2, 0) is 9.59 Å². The molecule has 0 aromatic heterocycles. The highest BCUT2D eigenvalue weighted by molar-refractivity contribution is 6.46. The molecule has 1 aromatic carbocycles. The summed E-state index contributed by atoms with van der Waals surface area (Å²) in [7, 11) is 3.99. The Morgan fingerprint density at radius 3 is 2.30 bits per heavy atom. The Kier molecular flexibility index (Phi) is 4.51. The topological polar surface area (TPSA) is 40.6 Å². The third-order valence-corrected chi connectivity index (χ3v) is 4.85. The molecule has 4 heteroatoms. The SMILES string of the molecule is CN(C)c1ccc(/C=C2/CN(C3CCCCC3)C(=O)C2=O)cc1. The van der Waals surface area contributed by atoms with Crippen LogP contribution in [0.2, 0.25) is 0 Å². The number of rotatable bonds is 3. The average molecular weight is 312 g/mol. The minimum absolute atomic E-state index is 0.252. The van der Waals surface area contributed by atoms with Crippen molar-refractivity contribution in [1.82, 2.24) is 4.90 Å². The predicted molar refractivity (Wildman–Crippen MR) is 92.3 cm³/mol. The number of hydrogen-bond acceptors (Lipinski definition) is 3. The van der Waals surface area contributed by atoms with E-state index in [0.717, 1.165) is 36.9 Å². The van der Waals surface area contributed by atoms with Gasteiger partial charge in [-0.3, -0.25) is 9.59 Å². The van der Waals surface area contributed by atoms with E-state index in [1.165, 1.54) is 6.42 Å². The molecular weight excluding hydrogens is 288 g/mol. The number of anilines is 1. The molecule has 1 aliphatic carbocycles. The summed E-state index contributed by atoms with van der Waals surface area (Å²) in [4.78, 5) is 28.4. The van der Waals surface area contributed by atoms with Gasteiger partial charge in [0.25, 0.3) is 5.91 Å². The summed E-state index contributed by atoms with van der Waals surface area (Å²) in [6.45, 7) is 0.470. The molecule has 3 rings (SSSR count). The van der Waals surface area contributed by atoms with Gasteiger partial charge in [-0.25, -0.2) is 0 Å². The highest BCUT2D eigenvalue weighted by Crippen LogP contribution is 2.28. The van der Waals surface area contributed by atoms with Crippen LogP contribution in [0.1, 0.15) is 37.7 Å². The number of amides is 1. The minimum Gasteiger partial charge on any atom is -0.378 e. The van der Waals surface area contributed by atoms with Gasteiger partial charge >= 0.3 is 0 Å². The number of benzene rings is 1.